The van der Waals surface area contributed by atoms with Crippen LogP contribution in [0.4, 0.5) is 0 Å². The molecule has 1 aromatic heterocycles. The Morgan fingerprint density at radius 1 is 1.67 bits per heavy atom. The third-order valence-corrected chi connectivity index (χ3v) is 4.67. The number of hydrogen-bond donors (Lipinski definition) is 1. The fourth-order valence-electron chi connectivity index (χ4n) is 1.63. The number of thiophene rings is 1. The number of halogens is 1. The highest BCUT2D eigenvalue weighted by Gasteiger charge is 2.40. The molecular weight excluding hydrogens is 274 g/mol. The van der Waals surface area contributed by atoms with Crippen molar-refractivity contribution in [3.63, 3.8) is 0 Å². The fraction of sp³-hybridized carbons (Fsp3) is 0.545. The van der Waals surface area contributed by atoms with Gasteiger partial charge in [-0.15, -0.1) is 11.3 Å². The van der Waals surface area contributed by atoms with E-state index < -0.39 is 0 Å². The molecule has 0 radical (unpaired) electrons. The van der Waals surface area contributed by atoms with E-state index in [1.807, 2.05) is 11.4 Å². The zero-order chi connectivity index (χ0) is 10.9. The number of carbonyl (C=O) groups is 1. The molecule has 1 aromatic rings. The van der Waals surface area contributed by atoms with Crippen molar-refractivity contribution < 1.29 is 4.79 Å². The van der Waals surface area contributed by atoms with E-state index in [0.717, 1.165) is 15.9 Å². The van der Waals surface area contributed by atoms with E-state index in [9.17, 15) is 4.79 Å². The Morgan fingerprint density at radius 2 is 2.40 bits per heavy atom. The molecular formula is C11H14BrNOS. The van der Waals surface area contributed by atoms with E-state index in [1.54, 1.807) is 11.3 Å². The first kappa shape index (κ1) is 11.1. The molecule has 0 unspecified atom stereocenters. The largest absolute Gasteiger partial charge is 0.351 e. The number of hydrogen-bond acceptors (Lipinski definition) is 2. The quantitative estimate of drug-likeness (QED) is 0.903. The normalized spacial score (nSPS) is 17.5. The molecule has 1 aliphatic rings. The molecule has 0 aliphatic heterocycles. The third-order valence-electron chi connectivity index (χ3n) is 3.16. The van der Waals surface area contributed by atoms with Crippen molar-refractivity contribution in [3.8, 4) is 0 Å². The molecule has 1 amide bonds. The number of rotatable bonds is 4. The van der Waals surface area contributed by atoms with Crippen LogP contribution >= 0.6 is 27.3 Å². The lowest BCUT2D eigenvalue weighted by molar-refractivity contribution is 0.0945. The highest BCUT2D eigenvalue weighted by Crippen LogP contribution is 2.47. The molecule has 0 spiro atoms. The van der Waals surface area contributed by atoms with Crippen molar-refractivity contribution in [2.75, 3.05) is 6.54 Å². The van der Waals surface area contributed by atoms with Gasteiger partial charge in [0.15, 0.2) is 0 Å². The number of amides is 1. The SMILES string of the molecule is CCC1(CNC(=O)c2csc(Br)c2)CC1. The minimum absolute atomic E-state index is 0.0525. The molecule has 2 rings (SSSR count). The molecule has 1 aliphatic carbocycles. The first-order valence-corrected chi connectivity index (χ1v) is 6.85. The molecule has 0 bridgehead atoms. The van der Waals surface area contributed by atoms with Gasteiger partial charge < -0.3 is 5.32 Å². The van der Waals surface area contributed by atoms with Crippen LogP contribution < -0.4 is 5.32 Å². The second-order valence-electron chi connectivity index (χ2n) is 4.18. The lowest BCUT2D eigenvalue weighted by atomic mass is 10.0. The van der Waals surface area contributed by atoms with Gasteiger partial charge >= 0.3 is 0 Å². The average Bonchev–Trinajstić information content (AvgIpc) is 2.90. The van der Waals surface area contributed by atoms with Crippen LogP contribution in [0.5, 0.6) is 0 Å². The van der Waals surface area contributed by atoms with E-state index in [0.29, 0.717) is 5.41 Å². The van der Waals surface area contributed by atoms with Crippen molar-refractivity contribution in [1.82, 2.24) is 5.32 Å². The van der Waals surface area contributed by atoms with Crippen LogP contribution in [0.25, 0.3) is 0 Å². The number of nitrogens with one attached hydrogen (secondary N) is 1. The summed E-state index contributed by atoms with van der Waals surface area (Å²) < 4.78 is 1.00. The molecule has 1 N–H and O–H groups in total. The highest BCUT2D eigenvalue weighted by molar-refractivity contribution is 9.11. The standard InChI is InChI=1S/C11H14BrNOS/c1-2-11(3-4-11)7-13-10(14)8-5-9(12)15-6-8/h5-6H,2-4,7H2,1H3,(H,13,14). The van der Waals surface area contributed by atoms with Crippen LogP contribution in [-0.2, 0) is 0 Å². The summed E-state index contributed by atoms with van der Waals surface area (Å²) >= 11 is 4.90. The summed E-state index contributed by atoms with van der Waals surface area (Å²) in [4.78, 5) is 11.7. The van der Waals surface area contributed by atoms with Gasteiger partial charge in [-0.25, -0.2) is 0 Å². The highest BCUT2D eigenvalue weighted by atomic mass is 79.9. The maximum absolute atomic E-state index is 11.7. The van der Waals surface area contributed by atoms with Gasteiger partial charge in [0.25, 0.3) is 5.91 Å². The molecule has 15 heavy (non-hydrogen) atoms. The summed E-state index contributed by atoms with van der Waals surface area (Å²) in [6, 6.07) is 1.87. The predicted octanol–water partition coefficient (Wildman–Crippen LogP) is 3.43. The van der Waals surface area contributed by atoms with Crippen LogP contribution in [0.15, 0.2) is 15.2 Å². The third kappa shape index (κ3) is 2.61. The minimum atomic E-state index is 0.0525. The summed E-state index contributed by atoms with van der Waals surface area (Å²) in [6.07, 6.45) is 3.69. The monoisotopic (exact) mass is 287 g/mol. The summed E-state index contributed by atoms with van der Waals surface area (Å²) in [5, 5.41) is 4.89. The minimum Gasteiger partial charge on any atom is -0.351 e. The van der Waals surface area contributed by atoms with Crippen LogP contribution in [0.2, 0.25) is 0 Å². The maximum atomic E-state index is 11.7. The zero-order valence-electron chi connectivity index (χ0n) is 8.68. The predicted molar refractivity (Wildman–Crippen MR) is 66.3 cm³/mol. The molecule has 2 nitrogen and oxygen atoms in total. The molecule has 1 fully saturated rings. The van der Waals surface area contributed by atoms with Crippen molar-refractivity contribution in [3.05, 3.63) is 20.8 Å². The van der Waals surface area contributed by atoms with Crippen molar-refractivity contribution in [2.45, 2.75) is 26.2 Å². The topological polar surface area (TPSA) is 29.1 Å². The molecule has 4 heteroatoms. The average molecular weight is 288 g/mol. The lowest BCUT2D eigenvalue weighted by Gasteiger charge is -2.12. The van der Waals surface area contributed by atoms with E-state index in [-0.39, 0.29) is 5.91 Å². The van der Waals surface area contributed by atoms with Gasteiger partial charge in [0.1, 0.15) is 0 Å². The molecule has 1 saturated carbocycles. The lowest BCUT2D eigenvalue weighted by Crippen LogP contribution is -2.29. The Labute approximate surface area is 102 Å². The first-order chi connectivity index (χ1) is 7.15. The van der Waals surface area contributed by atoms with E-state index >= 15 is 0 Å². The Bertz CT molecular complexity index is 370. The smallest absolute Gasteiger partial charge is 0.252 e. The van der Waals surface area contributed by atoms with Crippen molar-refractivity contribution in [2.24, 2.45) is 5.41 Å². The Balaban J connectivity index is 1.88. The summed E-state index contributed by atoms with van der Waals surface area (Å²) in [5.41, 5.74) is 1.18. The van der Waals surface area contributed by atoms with Crippen LogP contribution in [0.1, 0.15) is 36.5 Å². The van der Waals surface area contributed by atoms with Gasteiger partial charge in [0.05, 0.1) is 9.35 Å². The van der Waals surface area contributed by atoms with Gasteiger partial charge in [0, 0.05) is 11.9 Å². The second-order valence-corrected chi connectivity index (χ2v) is 6.47. The number of carbonyl (C=O) groups excluding carboxylic acids is 1. The Morgan fingerprint density at radius 3 is 2.87 bits per heavy atom. The van der Waals surface area contributed by atoms with E-state index in [1.165, 1.54) is 19.3 Å². The van der Waals surface area contributed by atoms with Crippen molar-refractivity contribution in [1.29, 1.82) is 0 Å². The Kier molecular flexibility index (Phi) is 3.16. The van der Waals surface area contributed by atoms with E-state index in [2.05, 4.69) is 28.2 Å². The van der Waals surface area contributed by atoms with E-state index in [4.69, 9.17) is 0 Å². The van der Waals surface area contributed by atoms with Crippen LogP contribution in [-0.4, -0.2) is 12.5 Å². The van der Waals surface area contributed by atoms with Gasteiger partial charge in [-0.05, 0) is 46.7 Å². The van der Waals surface area contributed by atoms with Gasteiger partial charge in [0.2, 0.25) is 0 Å². The molecule has 82 valence electrons. The zero-order valence-corrected chi connectivity index (χ0v) is 11.1. The van der Waals surface area contributed by atoms with Crippen molar-refractivity contribution >= 4 is 33.2 Å². The van der Waals surface area contributed by atoms with Gasteiger partial charge in [-0.2, -0.15) is 0 Å². The first-order valence-electron chi connectivity index (χ1n) is 5.17. The summed E-state index contributed by atoms with van der Waals surface area (Å²) in [5.74, 6) is 0.0525. The molecule has 1 heterocycles. The maximum Gasteiger partial charge on any atom is 0.252 e. The molecule has 0 atom stereocenters. The van der Waals surface area contributed by atoms with Gasteiger partial charge in [-0.1, -0.05) is 6.92 Å². The molecule has 0 saturated heterocycles. The fourth-order valence-corrected chi connectivity index (χ4v) is 2.77. The summed E-state index contributed by atoms with van der Waals surface area (Å²) in [7, 11) is 0. The van der Waals surface area contributed by atoms with Crippen LogP contribution in [0, 0.1) is 5.41 Å². The Hall–Kier alpha value is -0.350. The van der Waals surface area contributed by atoms with Gasteiger partial charge in [-0.3, -0.25) is 4.79 Å². The van der Waals surface area contributed by atoms with Crippen LogP contribution in [0.3, 0.4) is 0 Å². The summed E-state index contributed by atoms with van der Waals surface area (Å²) in [6.45, 7) is 3.02. The second kappa shape index (κ2) is 4.26. The molecule has 0 aromatic carbocycles.